The quantitative estimate of drug-likeness (QED) is 0.635. The zero-order chi connectivity index (χ0) is 16.7. The Kier molecular flexibility index (Phi) is 6.11. The predicted molar refractivity (Wildman–Crippen MR) is 93.8 cm³/mol. The van der Waals surface area contributed by atoms with Crippen molar-refractivity contribution in [3.8, 4) is 0 Å². The first kappa shape index (κ1) is 17.0. The molecular formula is C18H16BrNO3. The minimum absolute atomic E-state index is 0.381. The first-order valence-corrected chi connectivity index (χ1v) is 7.84. The average molecular weight is 374 g/mol. The van der Waals surface area contributed by atoms with E-state index >= 15 is 0 Å². The van der Waals surface area contributed by atoms with Crippen molar-refractivity contribution in [2.24, 2.45) is 0 Å². The molecule has 0 spiro atoms. The van der Waals surface area contributed by atoms with Gasteiger partial charge >= 0.3 is 5.97 Å². The van der Waals surface area contributed by atoms with E-state index in [0.29, 0.717) is 5.69 Å². The second-order valence-electron chi connectivity index (χ2n) is 4.82. The summed E-state index contributed by atoms with van der Waals surface area (Å²) in [6, 6.07) is 16.5. The highest BCUT2D eigenvalue weighted by Gasteiger charge is 2.16. The van der Waals surface area contributed by atoms with Gasteiger partial charge in [0, 0.05) is 16.2 Å². The van der Waals surface area contributed by atoms with Gasteiger partial charge in [0.05, 0.1) is 0 Å². The molecule has 0 radical (unpaired) electrons. The van der Waals surface area contributed by atoms with Crippen LogP contribution in [-0.2, 0) is 14.3 Å². The maximum Gasteiger partial charge on any atom is 0.331 e. The Morgan fingerprint density at radius 3 is 2.39 bits per heavy atom. The zero-order valence-electron chi connectivity index (χ0n) is 12.5. The molecule has 0 saturated heterocycles. The number of anilines is 1. The van der Waals surface area contributed by atoms with Gasteiger partial charge in [-0.2, -0.15) is 0 Å². The zero-order valence-corrected chi connectivity index (χ0v) is 14.1. The van der Waals surface area contributed by atoms with Gasteiger partial charge in [0.2, 0.25) is 0 Å². The molecule has 0 bridgehead atoms. The third kappa shape index (κ3) is 5.71. The summed E-state index contributed by atoms with van der Waals surface area (Å²) in [5.74, 6) is -0.943. The van der Waals surface area contributed by atoms with E-state index in [9.17, 15) is 9.59 Å². The highest BCUT2D eigenvalue weighted by molar-refractivity contribution is 9.10. The summed E-state index contributed by atoms with van der Waals surface area (Å²) >= 11 is 3.32. The molecule has 0 saturated carbocycles. The van der Waals surface area contributed by atoms with Crippen LogP contribution >= 0.6 is 15.9 Å². The monoisotopic (exact) mass is 373 g/mol. The highest BCUT2D eigenvalue weighted by Crippen LogP contribution is 2.14. The van der Waals surface area contributed by atoms with Crippen LogP contribution in [0.5, 0.6) is 0 Å². The normalized spacial score (nSPS) is 11.9. The molecule has 2 rings (SSSR count). The second kappa shape index (κ2) is 8.29. The summed E-state index contributed by atoms with van der Waals surface area (Å²) in [6.07, 6.45) is 2.06. The number of benzene rings is 2. The number of amides is 1. The van der Waals surface area contributed by atoms with Crippen molar-refractivity contribution < 1.29 is 14.3 Å². The Labute approximate surface area is 143 Å². The van der Waals surface area contributed by atoms with Gasteiger partial charge in [-0.25, -0.2) is 4.79 Å². The lowest BCUT2D eigenvalue weighted by Gasteiger charge is -2.12. The molecular weight excluding hydrogens is 358 g/mol. The lowest BCUT2D eigenvalue weighted by molar-refractivity contribution is -0.148. The number of carbonyl (C=O) groups is 2. The van der Waals surface area contributed by atoms with Gasteiger partial charge in [-0.05, 0) is 42.8 Å². The van der Waals surface area contributed by atoms with Gasteiger partial charge in [0.1, 0.15) is 0 Å². The molecule has 1 amide bonds. The van der Waals surface area contributed by atoms with Crippen LogP contribution in [0.3, 0.4) is 0 Å². The fraction of sp³-hybridized carbons (Fsp3) is 0.111. The Balaban J connectivity index is 1.86. The van der Waals surface area contributed by atoms with Crippen molar-refractivity contribution in [2.75, 3.05) is 5.32 Å². The number of rotatable bonds is 5. The van der Waals surface area contributed by atoms with Gasteiger partial charge < -0.3 is 10.1 Å². The van der Waals surface area contributed by atoms with Crippen LogP contribution in [-0.4, -0.2) is 18.0 Å². The van der Waals surface area contributed by atoms with E-state index in [1.165, 1.54) is 13.0 Å². The minimum Gasteiger partial charge on any atom is -0.449 e. The topological polar surface area (TPSA) is 55.4 Å². The van der Waals surface area contributed by atoms with E-state index in [0.717, 1.165) is 10.0 Å². The Hall–Kier alpha value is -2.40. The van der Waals surface area contributed by atoms with Crippen molar-refractivity contribution in [3.63, 3.8) is 0 Å². The van der Waals surface area contributed by atoms with Crippen LogP contribution < -0.4 is 5.32 Å². The van der Waals surface area contributed by atoms with Crippen LogP contribution in [0.15, 0.2) is 65.1 Å². The molecule has 0 aromatic heterocycles. The standard InChI is InChI=1S/C18H16BrNO3/c1-13(18(22)20-16-10-8-15(19)9-11-16)23-17(21)12-7-14-5-3-2-4-6-14/h2-13H,1H3,(H,20,22)/b12-7+/t13-/m1/s1. The first-order valence-electron chi connectivity index (χ1n) is 7.05. The molecule has 0 aliphatic carbocycles. The number of hydrogen-bond acceptors (Lipinski definition) is 3. The Bertz CT molecular complexity index is 696. The van der Waals surface area contributed by atoms with E-state index in [4.69, 9.17) is 4.74 Å². The fourth-order valence-corrected chi connectivity index (χ4v) is 2.04. The van der Waals surface area contributed by atoms with Crippen LogP contribution in [0.4, 0.5) is 5.69 Å². The molecule has 5 heteroatoms. The van der Waals surface area contributed by atoms with E-state index < -0.39 is 12.1 Å². The van der Waals surface area contributed by atoms with Crippen molar-refractivity contribution in [3.05, 3.63) is 70.7 Å². The molecule has 118 valence electrons. The van der Waals surface area contributed by atoms with E-state index in [-0.39, 0.29) is 5.91 Å². The molecule has 1 atom stereocenters. The maximum absolute atomic E-state index is 12.0. The van der Waals surface area contributed by atoms with Crippen molar-refractivity contribution >= 4 is 39.6 Å². The lowest BCUT2D eigenvalue weighted by Crippen LogP contribution is -2.29. The fourth-order valence-electron chi connectivity index (χ4n) is 1.77. The molecule has 0 aliphatic heterocycles. The van der Waals surface area contributed by atoms with Crippen molar-refractivity contribution in [1.82, 2.24) is 0 Å². The average Bonchev–Trinajstić information content (AvgIpc) is 2.56. The Morgan fingerprint density at radius 2 is 1.74 bits per heavy atom. The molecule has 4 nitrogen and oxygen atoms in total. The molecule has 0 heterocycles. The first-order chi connectivity index (χ1) is 11.0. The second-order valence-corrected chi connectivity index (χ2v) is 5.73. The molecule has 23 heavy (non-hydrogen) atoms. The molecule has 0 unspecified atom stereocenters. The SMILES string of the molecule is C[C@@H](OC(=O)/C=C/c1ccccc1)C(=O)Nc1ccc(Br)cc1. The summed E-state index contributed by atoms with van der Waals surface area (Å²) in [6.45, 7) is 1.53. The summed E-state index contributed by atoms with van der Waals surface area (Å²) in [7, 11) is 0. The van der Waals surface area contributed by atoms with Crippen molar-refractivity contribution in [1.29, 1.82) is 0 Å². The summed E-state index contributed by atoms with van der Waals surface area (Å²) < 4.78 is 6.00. The van der Waals surface area contributed by atoms with Gasteiger partial charge in [-0.15, -0.1) is 0 Å². The largest absolute Gasteiger partial charge is 0.449 e. The highest BCUT2D eigenvalue weighted by atomic mass is 79.9. The number of ether oxygens (including phenoxy) is 1. The van der Waals surface area contributed by atoms with Gasteiger partial charge in [-0.3, -0.25) is 4.79 Å². The summed E-state index contributed by atoms with van der Waals surface area (Å²) in [5, 5.41) is 2.69. The molecule has 0 aliphatic rings. The Morgan fingerprint density at radius 1 is 1.09 bits per heavy atom. The molecule has 0 fully saturated rings. The number of nitrogens with one attached hydrogen (secondary N) is 1. The van der Waals surface area contributed by atoms with Gasteiger partial charge in [0.25, 0.3) is 5.91 Å². The van der Waals surface area contributed by atoms with E-state index in [2.05, 4.69) is 21.2 Å². The van der Waals surface area contributed by atoms with E-state index in [1.54, 1.807) is 18.2 Å². The molecule has 2 aromatic rings. The summed E-state index contributed by atoms with van der Waals surface area (Å²) in [5.41, 5.74) is 1.53. The molecule has 2 aromatic carbocycles. The van der Waals surface area contributed by atoms with Crippen LogP contribution in [0.25, 0.3) is 6.08 Å². The third-order valence-electron chi connectivity index (χ3n) is 2.99. The number of halogens is 1. The number of hydrogen-bond donors (Lipinski definition) is 1. The van der Waals surface area contributed by atoms with Crippen LogP contribution in [0, 0.1) is 0 Å². The third-order valence-corrected chi connectivity index (χ3v) is 3.51. The van der Waals surface area contributed by atoms with Gasteiger partial charge in [-0.1, -0.05) is 46.3 Å². The molecule has 1 N–H and O–H groups in total. The van der Waals surface area contributed by atoms with Gasteiger partial charge in [0.15, 0.2) is 6.10 Å². The van der Waals surface area contributed by atoms with Crippen molar-refractivity contribution in [2.45, 2.75) is 13.0 Å². The van der Waals surface area contributed by atoms with Crippen LogP contribution in [0.2, 0.25) is 0 Å². The number of esters is 1. The minimum atomic E-state index is -0.883. The number of carbonyl (C=O) groups excluding carboxylic acids is 2. The smallest absolute Gasteiger partial charge is 0.331 e. The van der Waals surface area contributed by atoms with E-state index in [1.807, 2.05) is 42.5 Å². The maximum atomic E-state index is 12.0. The van der Waals surface area contributed by atoms with Crippen LogP contribution in [0.1, 0.15) is 12.5 Å². The summed E-state index contributed by atoms with van der Waals surface area (Å²) in [4.78, 5) is 23.7. The lowest BCUT2D eigenvalue weighted by atomic mass is 10.2. The predicted octanol–water partition coefficient (Wildman–Crippen LogP) is 4.03.